The third-order valence-electron chi connectivity index (χ3n) is 3.02. The van der Waals surface area contributed by atoms with Crippen molar-refractivity contribution in [3.05, 3.63) is 22.2 Å². The number of rotatable bonds is 5. The summed E-state index contributed by atoms with van der Waals surface area (Å²) in [6.07, 6.45) is -0.233. The number of halogens is 5. The molecule has 1 aromatic rings. The molecule has 1 heterocycles. The number of fused-ring (bicyclic) bond motifs is 1. The lowest BCUT2D eigenvalue weighted by atomic mass is 9.97. The van der Waals surface area contributed by atoms with Crippen LogP contribution in [0, 0.1) is 0 Å². The van der Waals surface area contributed by atoms with E-state index >= 15 is 0 Å². The van der Waals surface area contributed by atoms with E-state index < -0.39 is 19.0 Å². The topological polar surface area (TPSA) is 35.0 Å². The zero-order chi connectivity index (χ0) is 14.8. The average Bonchev–Trinajstić information content (AvgIpc) is 2.38. The Kier molecular flexibility index (Phi) is 4.80. The number of nitrogens with zero attached hydrogens (tertiary/aromatic N) is 2. The Labute approximate surface area is 118 Å². The van der Waals surface area contributed by atoms with E-state index in [0.717, 1.165) is 36.9 Å². The molecular formula is C12H13ClF4N2O. The summed E-state index contributed by atoms with van der Waals surface area (Å²) in [6, 6.07) is 0. The summed E-state index contributed by atoms with van der Waals surface area (Å²) in [4.78, 5) is 8.13. The van der Waals surface area contributed by atoms with Gasteiger partial charge in [0.25, 0.3) is 0 Å². The number of alkyl halides is 4. The van der Waals surface area contributed by atoms with Crippen LogP contribution in [0.2, 0.25) is 5.15 Å². The van der Waals surface area contributed by atoms with Crippen LogP contribution in [0.15, 0.2) is 0 Å². The molecule has 0 N–H and O–H groups in total. The van der Waals surface area contributed by atoms with Crippen LogP contribution in [-0.2, 0) is 24.2 Å². The lowest BCUT2D eigenvalue weighted by molar-refractivity contribution is -0.168. The second kappa shape index (κ2) is 6.22. The Morgan fingerprint density at radius 2 is 1.90 bits per heavy atom. The van der Waals surface area contributed by atoms with Gasteiger partial charge < -0.3 is 4.74 Å². The van der Waals surface area contributed by atoms with E-state index in [-0.39, 0.29) is 17.6 Å². The zero-order valence-electron chi connectivity index (χ0n) is 10.5. The van der Waals surface area contributed by atoms with Crippen LogP contribution in [0.1, 0.15) is 29.9 Å². The molecule has 0 bridgehead atoms. The molecular weight excluding hydrogens is 300 g/mol. The Hall–Kier alpha value is -0.950. The molecule has 20 heavy (non-hydrogen) atoms. The van der Waals surface area contributed by atoms with Crippen molar-refractivity contribution in [3.8, 4) is 0 Å². The lowest BCUT2D eigenvalue weighted by Gasteiger charge is -2.17. The van der Waals surface area contributed by atoms with Crippen LogP contribution in [-0.4, -0.2) is 28.9 Å². The Bertz CT molecular complexity index is 485. The van der Waals surface area contributed by atoms with Gasteiger partial charge in [0.1, 0.15) is 18.4 Å². The van der Waals surface area contributed by atoms with Crippen LogP contribution >= 0.6 is 11.6 Å². The standard InChI is InChI=1S/C12H13ClF4N2O/c13-10-7-3-1-2-4-8(7)18-9(19-10)5-20-6-12(16,17)11(14)15/h11H,1-6H2. The molecule has 0 radical (unpaired) electrons. The predicted molar refractivity (Wildman–Crippen MR) is 64.3 cm³/mol. The van der Waals surface area contributed by atoms with Crippen LogP contribution in [0.3, 0.4) is 0 Å². The molecule has 0 fully saturated rings. The van der Waals surface area contributed by atoms with Gasteiger partial charge in [-0.1, -0.05) is 11.6 Å². The van der Waals surface area contributed by atoms with E-state index in [0.29, 0.717) is 0 Å². The molecule has 0 saturated heterocycles. The molecule has 0 saturated carbocycles. The lowest BCUT2D eigenvalue weighted by Crippen LogP contribution is -2.32. The quantitative estimate of drug-likeness (QED) is 0.617. The van der Waals surface area contributed by atoms with Gasteiger partial charge in [-0.05, 0) is 25.7 Å². The molecule has 8 heteroatoms. The minimum atomic E-state index is -4.17. The molecule has 3 nitrogen and oxygen atoms in total. The van der Waals surface area contributed by atoms with Gasteiger partial charge in [0.05, 0.1) is 0 Å². The number of hydrogen-bond acceptors (Lipinski definition) is 3. The monoisotopic (exact) mass is 312 g/mol. The van der Waals surface area contributed by atoms with Crippen molar-refractivity contribution in [2.24, 2.45) is 0 Å². The minimum absolute atomic E-state index is 0.140. The van der Waals surface area contributed by atoms with Crippen molar-refractivity contribution >= 4 is 11.6 Å². The van der Waals surface area contributed by atoms with E-state index in [1.54, 1.807) is 0 Å². The van der Waals surface area contributed by atoms with Crippen LogP contribution in [0.25, 0.3) is 0 Å². The number of aromatic nitrogens is 2. The van der Waals surface area contributed by atoms with Crippen molar-refractivity contribution in [2.45, 2.75) is 44.6 Å². The minimum Gasteiger partial charge on any atom is -0.367 e. The van der Waals surface area contributed by atoms with Gasteiger partial charge in [-0.25, -0.2) is 18.7 Å². The SMILES string of the molecule is FC(F)C(F)(F)COCc1nc(Cl)c2c(n1)CCCC2. The van der Waals surface area contributed by atoms with Gasteiger partial charge in [0.2, 0.25) is 0 Å². The number of ether oxygens (including phenoxy) is 1. The summed E-state index contributed by atoms with van der Waals surface area (Å²) in [5, 5.41) is 0.286. The summed E-state index contributed by atoms with van der Waals surface area (Å²) in [5.74, 6) is -4.03. The molecule has 1 aromatic heterocycles. The summed E-state index contributed by atoms with van der Waals surface area (Å²) in [6.45, 7) is -1.74. The first-order valence-corrected chi connectivity index (χ1v) is 6.56. The summed E-state index contributed by atoms with van der Waals surface area (Å²) in [5.41, 5.74) is 1.66. The average molecular weight is 313 g/mol. The fourth-order valence-electron chi connectivity index (χ4n) is 2.00. The first-order chi connectivity index (χ1) is 9.40. The molecule has 0 spiro atoms. The van der Waals surface area contributed by atoms with Crippen LogP contribution in [0.5, 0.6) is 0 Å². The number of aryl methyl sites for hydroxylation is 1. The van der Waals surface area contributed by atoms with Gasteiger partial charge in [0.15, 0.2) is 5.82 Å². The summed E-state index contributed by atoms with van der Waals surface area (Å²) >= 11 is 5.99. The van der Waals surface area contributed by atoms with Gasteiger partial charge in [-0.15, -0.1) is 0 Å². The van der Waals surface area contributed by atoms with Crippen molar-refractivity contribution in [3.63, 3.8) is 0 Å². The van der Waals surface area contributed by atoms with Crippen molar-refractivity contribution < 1.29 is 22.3 Å². The van der Waals surface area contributed by atoms with Crippen LogP contribution < -0.4 is 0 Å². The van der Waals surface area contributed by atoms with E-state index in [4.69, 9.17) is 11.6 Å². The number of hydrogen-bond donors (Lipinski definition) is 0. The second-order valence-corrected chi connectivity index (χ2v) is 4.98. The molecule has 2 rings (SSSR count). The first kappa shape index (κ1) is 15.4. The Morgan fingerprint density at radius 1 is 1.20 bits per heavy atom. The van der Waals surface area contributed by atoms with Gasteiger partial charge >= 0.3 is 12.3 Å². The molecule has 0 amide bonds. The Morgan fingerprint density at radius 3 is 2.60 bits per heavy atom. The largest absolute Gasteiger partial charge is 0.367 e. The zero-order valence-corrected chi connectivity index (χ0v) is 11.3. The molecule has 112 valence electrons. The van der Waals surface area contributed by atoms with Gasteiger partial charge in [-0.2, -0.15) is 8.78 Å². The van der Waals surface area contributed by atoms with E-state index in [1.165, 1.54) is 0 Å². The fraction of sp³-hybridized carbons (Fsp3) is 0.667. The fourth-order valence-corrected chi connectivity index (χ4v) is 2.30. The molecule has 1 aliphatic rings. The predicted octanol–water partition coefficient (Wildman–Crippen LogP) is 3.43. The first-order valence-electron chi connectivity index (χ1n) is 6.18. The highest BCUT2D eigenvalue weighted by Gasteiger charge is 2.41. The van der Waals surface area contributed by atoms with Crippen molar-refractivity contribution in [2.75, 3.05) is 6.61 Å². The Balaban J connectivity index is 1.99. The third-order valence-corrected chi connectivity index (χ3v) is 3.34. The van der Waals surface area contributed by atoms with E-state index in [9.17, 15) is 17.6 Å². The summed E-state index contributed by atoms with van der Waals surface area (Å²) < 4.78 is 53.8. The van der Waals surface area contributed by atoms with E-state index in [1.807, 2.05) is 0 Å². The normalized spacial score (nSPS) is 15.5. The highest BCUT2D eigenvalue weighted by atomic mass is 35.5. The third kappa shape index (κ3) is 3.58. The van der Waals surface area contributed by atoms with Crippen molar-refractivity contribution in [1.29, 1.82) is 0 Å². The maximum absolute atomic E-state index is 12.7. The maximum Gasteiger partial charge on any atom is 0.330 e. The van der Waals surface area contributed by atoms with Gasteiger partial charge in [-0.3, -0.25) is 0 Å². The second-order valence-electron chi connectivity index (χ2n) is 4.62. The molecule has 1 aliphatic carbocycles. The smallest absolute Gasteiger partial charge is 0.330 e. The summed E-state index contributed by atoms with van der Waals surface area (Å²) in [7, 11) is 0. The van der Waals surface area contributed by atoms with Crippen molar-refractivity contribution in [1.82, 2.24) is 9.97 Å². The van der Waals surface area contributed by atoms with Gasteiger partial charge in [0, 0.05) is 11.3 Å². The molecule has 0 aliphatic heterocycles. The molecule has 0 atom stereocenters. The maximum atomic E-state index is 12.7. The highest BCUT2D eigenvalue weighted by molar-refractivity contribution is 6.30. The molecule has 0 unspecified atom stereocenters. The van der Waals surface area contributed by atoms with E-state index in [2.05, 4.69) is 14.7 Å². The highest BCUT2D eigenvalue weighted by Crippen LogP contribution is 2.26. The molecule has 0 aromatic carbocycles. The van der Waals surface area contributed by atoms with Crippen LogP contribution in [0.4, 0.5) is 17.6 Å².